The maximum atomic E-state index is 5.24. The number of thiocarbonyl (C=S) groups is 1. The van der Waals surface area contributed by atoms with Crippen LogP contribution in [0.2, 0.25) is 0 Å². The highest BCUT2D eigenvalue weighted by Crippen LogP contribution is 2.40. The van der Waals surface area contributed by atoms with E-state index in [0.717, 1.165) is 11.7 Å². The third-order valence-corrected chi connectivity index (χ3v) is 3.72. The van der Waals surface area contributed by atoms with Crippen LogP contribution in [0.25, 0.3) is 0 Å². The smallest absolute Gasteiger partial charge is 0.166 e. The van der Waals surface area contributed by atoms with Crippen molar-refractivity contribution in [3.8, 4) is 0 Å². The molecule has 0 aliphatic heterocycles. The van der Waals surface area contributed by atoms with Crippen LogP contribution in [-0.2, 0) is 0 Å². The van der Waals surface area contributed by atoms with Crippen molar-refractivity contribution >= 4 is 17.3 Å². The molecule has 0 aromatic carbocycles. The van der Waals surface area contributed by atoms with Crippen LogP contribution in [-0.4, -0.2) is 17.7 Å². The molecule has 1 aliphatic rings. The molecule has 1 saturated carbocycles. The summed E-state index contributed by atoms with van der Waals surface area (Å²) in [5.74, 6) is 0. The number of nitrogens with one attached hydrogen (secondary N) is 2. The van der Waals surface area contributed by atoms with Gasteiger partial charge in [0.2, 0.25) is 0 Å². The van der Waals surface area contributed by atoms with Gasteiger partial charge in [0.1, 0.15) is 0 Å². The van der Waals surface area contributed by atoms with Gasteiger partial charge in [-0.15, -0.1) is 0 Å². The molecule has 0 amide bonds. The molecule has 1 aliphatic carbocycles. The molecule has 88 valence electrons. The summed E-state index contributed by atoms with van der Waals surface area (Å²) in [4.78, 5) is 0. The highest BCUT2D eigenvalue weighted by atomic mass is 32.1. The van der Waals surface area contributed by atoms with E-state index in [4.69, 9.17) is 12.2 Å². The number of rotatable bonds is 4. The van der Waals surface area contributed by atoms with Gasteiger partial charge >= 0.3 is 0 Å². The summed E-state index contributed by atoms with van der Waals surface area (Å²) in [5.41, 5.74) is 0.517. The average Bonchev–Trinajstić information content (AvgIpc) is 2.63. The molecule has 0 saturated heterocycles. The van der Waals surface area contributed by atoms with Crippen LogP contribution in [0.5, 0.6) is 0 Å². The van der Waals surface area contributed by atoms with E-state index >= 15 is 0 Å². The summed E-state index contributed by atoms with van der Waals surface area (Å²) in [6.07, 6.45) is 6.77. The molecule has 15 heavy (non-hydrogen) atoms. The Kier molecular flexibility index (Phi) is 4.84. The van der Waals surface area contributed by atoms with Gasteiger partial charge in [0.25, 0.3) is 0 Å². The first kappa shape index (κ1) is 12.8. The second-order valence-corrected chi connectivity index (χ2v) is 5.45. The Bertz CT molecular complexity index is 208. The molecule has 0 atom stereocenters. The molecule has 0 aromatic heterocycles. The lowest BCUT2D eigenvalue weighted by atomic mass is 9.83. The normalized spacial score (nSPS) is 19.2. The quantitative estimate of drug-likeness (QED) is 0.724. The lowest BCUT2D eigenvalue weighted by Crippen LogP contribution is -2.43. The van der Waals surface area contributed by atoms with Crippen molar-refractivity contribution < 1.29 is 0 Å². The summed E-state index contributed by atoms with van der Waals surface area (Å²) >= 11 is 5.24. The van der Waals surface area contributed by atoms with Crippen LogP contribution in [0.1, 0.15) is 52.9 Å². The fourth-order valence-electron chi connectivity index (χ4n) is 2.36. The van der Waals surface area contributed by atoms with Crippen LogP contribution in [0.3, 0.4) is 0 Å². The van der Waals surface area contributed by atoms with Crippen molar-refractivity contribution in [3.63, 3.8) is 0 Å². The lowest BCUT2D eigenvalue weighted by Gasteiger charge is -2.28. The Hall–Kier alpha value is -0.310. The van der Waals surface area contributed by atoms with E-state index in [2.05, 4.69) is 31.4 Å². The predicted octanol–water partition coefficient (Wildman–Crippen LogP) is 2.83. The molecule has 0 radical (unpaired) electrons. The Labute approximate surface area is 99.2 Å². The van der Waals surface area contributed by atoms with E-state index in [1.165, 1.54) is 32.1 Å². The van der Waals surface area contributed by atoms with Gasteiger partial charge < -0.3 is 10.6 Å². The maximum Gasteiger partial charge on any atom is 0.166 e. The van der Waals surface area contributed by atoms with Gasteiger partial charge in [0.05, 0.1) is 0 Å². The molecule has 0 spiro atoms. The summed E-state index contributed by atoms with van der Waals surface area (Å²) in [6, 6.07) is 0.422. The topological polar surface area (TPSA) is 24.1 Å². The molecular formula is C12H24N2S. The van der Waals surface area contributed by atoms with Crippen molar-refractivity contribution in [3.05, 3.63) is 0 Å². The molecule has 1 rings (SSSR count). The highest BCUT2D eigenvalue weighted by molar-refractivity contribution is 7.80. The zero-order chi connectivity index (χ0) is 11.3. The molecule has 0 aromatic rings. The molecule has 2 nitrogen and oxygen atoms in total. The summed E-state index contributed by atoms with van der Waals surface area (Å²) in [6.45, 7) is 7.56. The van der Waals surface area contributed by atoms with Gasteiger partial charge in [-0.2, -0.15) is 0 Å². The minimum Gasteiger partial charge on any atom is -0.362 e. The first-order valence-electron chi connectivity index (χ1n) is 6.12. The first-order valence-corrected chi connectivity index (χ1v) is 6.53. The molecule has 3 heteroatoms. The van der Waals surface area contributed by atoms with Gasteiger partial charge in [-0.25, -0.2) is 0 Å². The van der Waals surface area contributed by atoms with Crippen LogP contribution < -0.4 is 10.6 Å². The van der Waals surface area contributed by atoms with Crippen molar-refractivity contribution in [1.82, 2.24) is 10.6 Å². The average molecular weight is 228 g/mol. The first-order chi connectivity index (χ1) is 7.08. The van der Waals surface area contributed by atoms with Crippen molar-refractivity contribution in [2.75, 3.05) is 6.54 Å². The Morgan fingerprint density at radius 3 is 2.40 bits per heavy atom. The zero-order valence-electron chi connectivity index (χ0n) is 10.2. The van der Waals surface area contributed by atoms with E-state index in [1.54, 1.807) is 0 Å². The number of hydrogen-bond acceptors (Lipinski definition) is 1. The molecule has 0 heterocycles. The van der Waals surface area contributed by atoms with Crippen molar-refractivity contribution in [1.29, 1.82) is 0 Å². The third-order valence-electron chi connectivity index (χ3n) is 3.46. The monoisotopic (exact) mass is 228 g/mol. The van der Waals surface area contributed by atoms with Gasteiger partial charge in [0, 0.05) is 12.6 Å². The van der Waals surface area contributed by atoms with E-state index in [-0.39, 0.29) is 0 Å². The van der Waals surface area contributed by atoms with Gasteiger partial charge in [-0.05, 0) is 50.7 Å². The predicted molar refractivity (Wildman–Crippen MR) is 70.1 cm³/mol. The second kappa shape index (κ2) is 5.69. The van der Waals surface area contributed by atoms with E-state index in [0.29, 0.717) is 11.5 Å². The Balaban J connectivity index is 2.31. The summed E-state index contributed by atoms with van der Waals surface area (Å²) in [7, 11) is 0. The van der Waals surface area contributed by atoms with E-state index < -0.39 is 0 Å². The Morgan fingerprint density at radius 2 is 1.93 bits per heavy atom. The lowest BCUT2D eigenvalue weighted by molar-refractivity contribution is 0.284. The second-order valence-electron chi connectivity index (χ2n) is 5.04. The fraction of sp³-hybridized carbons (Fsp3) is 0.917. The molecule has 1 fully saturated rings. The molecule has 0 unspecified atom stereocenters. The Morgan fingerprint density at radius 1 is 1.33 bits per heavy atom. The largest absolute Gasteiger partial charge is 0.362 e. The minimum absolute atomic E-state index is 0.422. The maximum absolute atomic E-state index is 5.24. The number of hydrogen-bond donors (Lipinski definition) is 2. The van der Waals surface area contributed by atoms with Crippen LogP contribution in [0.15, 0.2) is 0 Å². The standard InChI is InChI=1S/C12H24N2S/c1-4-12(7-5-6-8-12)9-13-11(15)14-10(2)3/h10H,4-9H2,1-3H3,(H2,13,14,15). The van der Waals surface area contributed by atoms with Gasteiger partial charge in [-0.1, -0.05) is 19.8 Å². The highest BCUT2D eigenvalue weighted by Gasteiger charge is 2.31. The van der Waals surface area contributed by atoms with Crippen LogP contribution in [0, 0.1) is 5.41 Å². The fourth-order valence-corrected chi connectivity index (χ4v) is 2.67. The SMILES string of the molecule is CCC1(CNC(=S)NC(C)C)CCCC1. The molecular weight excluding hydrogens is 204 g/mol. The van der Waals surface area contributed by atoms with Crippen molar-refractivity contribution in [2.45, 2.75) is 58.9 Å². The molecule has 0 bridgehead atoms. The van der Waals surface area contributed by atoms with E-state index in [9.17, 15) is 0 Å². The van der Waals surface area contributed by atoms with Gasteiger partial charge in [-0.3, -0.25) is 0 Å². The van der Waals surface area contributed by atoms with Crippen LogP contribution >= 0.6 is 12.2 Å². The zero-order valence-corrected chi connectivity index (χ0v) is 11.0. The van der Waals surface area contributed by atoms with Crippen LogP contribution in [0.4, 0.5) is 0 Å². The summed E-state index contributed by atoms with van der Waals surface area (Å²) < 4.78 is 0. The van der Waals surface area contributed by atoms with Gasteiger partial charge in [0.15, 0.2) is 5.11 Å². The van der Waals surface area contributed by atoms with Crippen molar-refractivity contribution in [2.24, 2.45) is 5.41 Å². The van der Waals surface area contributed by atoms with E-state index in [1.807, 2.05) is 0 Å². The summed E-state index contributed by atoms with van der Waals surface area (Å²) in [5, 5.41) is 7.41. The minimum atomic E-state index is 0.422. The third kappa shape index (κ3) is 3.98. The molecule has 2 N–H and O–H groups in total.